The second kappa shape index (κ2) is 4.47. The fourth-order valence-electron chi connectivity index (χ4n) is 2.38. The number of nitrogens with zero attached hydrogens (tertiary/aromatic N) is 1. The van der Waals surface area contributed by atoms with Gasteiger partial charge in [0.25, 0.3) is 0 Å². The second-order valence-electron chi connectivity index (χ2n) is 4.73. The SMILES string of the molecule is CC1N(Cc2ccccc2)CCC1(N)C(=O)O. The summed E-state index contributed by atoms with van der Waals surface area (Å²) in [5, 5.41) is 9.18. The van der Waals surface area contributed by atoms with Gasteiger partial charge in [0, 0.05) is 19.1 Å². The summed E-state index contributed by atoms with van der Waals surface area (Å²) in [6.07, 6.45) is 0.510. The number of benzene rings is 1. The molecule has 0 radical (unpaired) electrons. The molecule has 1 saturated heterocycles. The number of hydrogen-bond donors (Lipinski definition) is 2. The molecule has 1 aliphatic rings. The van der Waals surface area contributed by atoms with Crippen molar-refractivity contribution in [1.29, 1.82) is 0 Å². The summed E-state index contributed by atoms with van der Waals surface area (Å²) in [5.74, 6) is -0.902. The number of likely N-dealkylation sites (tertiary alicyclic amines) is 1. The minimum absolute atomic E-state index is 0.139. The van der Waals surface area contributed by atoms with E-state index in [1.54, 1.807) is 0 Å². The molecule has 0 aromatic heterocycles. The van der Waals surface area contributed by atoms with E-state index in [0.717, 1.165) is 13.1 Å². The summed E-state index contributed by atoms with van der Waals surface area (Å²) in [6, 6.07) is 9.90. The van der Waals surface area contributed by atoms with Crippen molar-refractivity contribution in [2.45, 2.75) is 31.5 Å². The van der Waals surface area contributed by atoms with Gasteiger partial charge in [-0.2, -0.15) is 0 Å². The number of carbonyl (C=O) groups is 1. The molecule has 0 bridgehead atoms. The molecule has 0 aliphatic carbocycles. The minimum atomic E-state index is -1.10. The third kappa shape index (κ3) is 2.18. The van der Waals surface area contributed by atoms with Crippen LogP contribution in [0.15, 0.2) is 30.3 Å². The third-order valence-corrected chi connectivity index (χ3v) is 3.73. The first kappa shape index (κ1) is 12.1. The molecule has 1 aliphatic heterocycles. The molecule has 3 N–H and O–H groups in total. The average molecular weight is 234 g/mol. The van der Waals surface area contributed by atoms with E-state index in [1.165, 1.54) is 5.56 Å². The van der Waals surface area contributed by atoms with E-state index < -0.39 is 11.5 Å². The second-order valence-corrected chi connectivity index (χ2v) is 4.73. The van der Waals surface area contributed by atoms with Gasteiger partial charge in [-0.25, -0.2) is 0 Å². The van der Waals surface area contributed by atoms with Gasteiger partial charge in [-0.05, 0) is 18.9 Å². The predicted molar refractivity (Wildman–Crippen MR) is 65.5 cm³/mol. The molecule has 92 valence electrons. The zero-order valence-corrected chi connectivity index (χ0v) is 9.97. The van der Waals surface area contributed by atoms with Crippen LogP contribution in [-0.4, -0.2) is 34.1 Å². The normalized spacial score (nSPS) is 29.4. The smallest absolute Gasteiger partial charge is 0.325 e. The van der Waals surface area contributed by atoms with E-state index in [9.17, 15) is 9.90 Å². The van der Waals surface area contributed by atoms with Crippen molar-refractivity contribution in [3.05, 3.63) is 35.9 Å². The highest BCUT2D eigenvalue weighted by Gasteiger charge is 2.47. The molecule has 4 heteroatoms. The molecular formula is C13H18N2O2. The van der Waals surface area contributed by atoms with Crippen LogP contribution in [0.3, 0.4) is 0 Å². The lowest BCUT2D eigenvalue weighted by Gasteiger charge is -2.28. The largest absolute Gasteiger partial charge is 0.480 e. The fourth-order valence-corrected chi connectivity index (χ4v) is 2.38. The molecule has 2 rings (SSSR count). The molecule has 17 heavy (non-hydrogen) atoms. The van der Waals surface area contributed by atoms with E-state index in [0.29, 0.717) is 6.42 Å². The Kier molecular flexibility index (Phi) is 3.17. The van der Waals surface area contributed by atoms with Crippen LogP contribution >= 0.6 is 0 Å². The lowest BCUT2D eigenvalue weighted by Crippen LogP contribution is -2.55. The van der Waals surface area contributed by atoms with Gasteiger partial charge in [0.1, 0.15) is 5.54 Å². The molecule has 2 atom stereocenters. The Hall–Kier alpha value is -1.39. The Labute approximate surface area is 101 Å². The Balaban J connectivity index is 2.08. The van der Waals surface area contributed by atoms with E-state index in [1.807, 2.05) is 37.3 Å². The summed E-state index contributed by atoms with van der Waals surface area (Å²) in [4.78, 5) is 13.3. The van der Waals surface area contributed by atoms with Crippen LogP contribution in [0.2, 0.25) is 0 Å². The third-order valence-electron chi connectivity index (χ3n) is 3.73. The van der Waals surface area contributed by atoms with Gasteiger partial charge in [0.05, 0.1) is 0 Å². The maximum Gasteiger partial charge on any atom is 0.325 e. The minimum Gasteiger partial charge on any atom is -0.480 e. The van der Waals surface area contributed by atoms with Crippen molar-refractivity contribution in [2.24, 2.45) is 5.73 Å². The first-order valence-electron chi connectivity index (χ1n) is 5.84. The summed E-state index contributed by atoms with van der Waals surface area (Å²) in [5.41, 5.74) is 6.03. The molecule has 0 spiro atoms. The van der Waals surface area contributed by atoms with Gasteiger partial charge < -0.3 is 10.8 Å². The van der Waals surface area contributed by atoms with E-state index in [4.69, 9.17) is 5.73 Å². The first-order chi connectivity index (χ1) is 8.04. The zero-order chi connectivity index (χ0) is 12.5. The standard InChI is InChI=1S/C13H18N2O2/c1-10-13(14,12(16)17)7-8-15(10)9-11-5-3-2-4-6-11/h2-6,10H,7-9,14H2,1H3,(H,16,17). The molecule has 1 aromatic rings. The van der Waals surface area contributed by atoms with Crippen LogP contribution in [0.1, 0.15) is 18.9 Å². The number of carboxylic acids is 1. The van der Waals surface area contributed by atoms with Gasteiger partial charge in [-0.1, -0.05) is 30.3 Å². The number of nitrogens with two attached hydrogens (primary N) is 1. The Morgan fingerprint density at radius 2 is 2.18 bits per heavy atom. The van der Waals surface area contributed by atoms with Gasteiger partial charge in [-0.3, -0.25) is 9.69 Å². The molecule has 0 saturated carbocycles. The molecular weight excluding hydrogens is 216 g/mol. The van der Waals surface area contributed by atoms with Crippen LogP contribution in [0.4, 0.5) is 0 Å². The van der Waals surface area contributed by atoms with Crippen LogP contribution < -0.4 is 5.73 Å². The van der Waals surface area contributed by atoms with Crippen molar-refractivity contribution < 1.29 is 9.90 Å². The van der Waals surface area contributed by atoms with Crippen LogP contribution in [0, 0.1) is 0 Å². The molecule has 2 unspecified atom stereocenters. The lowest BCUT2D eigenvalue weighted by molar-refractivity contribution is -0.144. The maximum absolute atomic E-state index is 11.2. The van der Waals surface area contributed by atoms with Crippen molar-refractivity contribution in [2.75, 3.05) is 6.54 Å². The molecule has 4 nitrogen and oxygen atoms in total. The number of aliphatic carboxylic acids is 1. The molecule has 1 heterocycles. The number of hydrogen-bond acceptors (Lipinski definition) is 3. The predicted octanol–water partition coefficient (Wildman–Crippen LogP) is 1.06. The summed E-state index contributed by atoms with van der Waals surface area (Å²) in [6.45, 7) is 3.39. The van der Waals surface area contributed by atoms with Crippen molar-refractivity contribution >= 4 is 5.97 Å². The van der Waals surface area contributed by atoms with Crippen LogP contribution in [-0.2, 0) is 11.3 Å². The zero-order valence-electron chi connectivity index (χ0n) is 9.97. The van der Waals surface area contributed by atoms with Crippen LogP contribution in [0.25, 0.3) is 0 Å². The van der Waals surface area contributed by atoms with E-state index in [2.05, 4.69) is 4.90 Å². The summed E-state index contributed by atoms with van der Waals surface area (Å²) >= 11 is 0. The van der Waals surface area contributed by atoms with Crippen LogP contribution in [0.5, 0.6) is 0 Å². The van der Waals surface area contributed by atoms with Crippen molar-refractivity contribution in [3.63, 3.8) is 0 Å². The first-order valence-corrected chi connectivity index (χ1v) is 5.84. The Morgan fingerprint density at radius 3 is 2.71 bits per heavy atom. The summed E-state index contributed by atoms with van der Waals surface area (Å²) < 4.78 is 0. The average Bonchev–Trinajstić information content (AvgIpc) is 2.60. The number of carboxylic acid groups (broad SMARTS) is 1. The Bertz CT molecular complexity index is 407. The molecule has 1 aromatic carbocycles. The van der Waals surface area contributed by atoms with Crippen molar-refractivity contribution in [1.82, 2.24) is 4.90 Å². The van der Waals surface area contributed by atoms with E-state index >= 15 is 0 Å². The topological polar surface area (TPSA) is 66.6 Å². The quantitative estimate of drug-likeness (QED) is 0.820. The van der Waals surface area contributed by atoms with Crippen molar-refractivity contribution in [3.8, 4) is 0 Å². The van der Waals surface area contributed by atoms with Gasteiger partial charge in [0.15, 0.2) is 0 Å². The van der Waals surface area contributed by atoms with Gasteiger partial charge in [-0.15, -0.1) is 0 Å². The highest BCUT2D eigenvalue weighted by Crippen LogP contribution is 2.27. The summed E-state index contributed by atoms with van der Waals surface area (Å²) in [7, 11) is 0. The molecule has 1 fully saturated rings. The lowest BCUT2D eigenvalue weighted by atomic mass is 9.93. The van der Waals surface area contributed by atoms with E-state index in [-0.39, 0.29) is 6.04 Å². The fraction of sp³-hybridized carbons (Fsp3) is 0.462. The maximum atomic E-state index is 11.2. The monoisotopic (exact) mass is 234 g/mol. The highest BCUT2D eigenvalue weighted by molar-refractivity contribution is 5.80. The highest BCUT2D eigenvalue weighted by atomic mass is 16.4. The number of rotatable bonds is 3. The van der Waals surface area contributed by atoms with Gasteiger partial charge in [0.2, 0.25) is 0 Å². The van der Waals surface area contributed by atoms with Gasteiger partial charge >= 0.3 is 5.97 Å². The Morgan fingerprint density at radius 1 is 1.53 bits per heavy atom. The molecule has 0 amide bonds.